The Morgan fingerprint density at radius 2 is 1.79 bits per heavy atom. The Morgan fingerprint density at radius 1 is 1.08 bits per heavy atom. The molecule has 11 nitrogen and oxygen atoms in total. The summed E-state index contributed by atoms with van der Waals surface area (Å²) in [6.07, 6.45) is 4.71. The number of nitrogens with one attached hydrogen (secondary N) is 1. The van der Waals surface area contributed by atoms with Gasteiger partial charge in [-0.1, -0.05) is 72.3 Å². The summed E-state index contributed by atoms with van der Waals surface area (Å²) in [5.74, 6) is -3.78. The summed E-state index contributed by atoms with van der Waals surface area (Å²) in [6, 6.07) is 6.54. The molecule has 0 unspecified atom stereocenters. The minimum absolute atomic E-state index is 0.0627. The number of halogens is 1. The van der Waals surface area contributed by atoms with Gasteiger partial charge >= 0.3 is 5.97 Å². The second kappa shape index (κ2) is 14.4. The lowest BCUT2D eigenvalue weighted by atomic mass is 9.74. The van der Waals surface area contributed by atoms with Crippen molar-refractivity contribution in [2.75, 3.05) is 26.9 Å². The van der Waals surface area contributed by atoms with Crippen LogP contribution in [0, 0.1) is 17.8 Å². The molecule has 4 aliphatic rings. The molecule has 4 heterocycles. The van der Waals surface area contributed by atoms with E-state index in [0.717, 1.165) is 0 Å². The van der Waals surface area contributed by atoms with Crippen molar-refractivity contribution in [3.63, 3.8) is 0 Å². The lowest BCUT2D eigenvalue weighted by Gasteiger charge is -2.43. The van der Waals surface area contributed by atoms with Gasteiger partial charge in [0.2, 0.25) is 17.7 Å². The number of rotatable bonds is 7. The maximum absolute atomic E-state index is 14.9. The quantitative estimate of drug-likeness (QED) is 0.321. The van der Waals surface area contributed by atoms with Crippen LogP contribution in [0.25, 0.3) is 0 Å². The number of amides is 3. The Hall–Kier alpha value is -3.06. The Bertz CT molecular complexity index is 1440. The molecule has 12 heteroatoms. The van der Waals surface area contributed by atoms with Crippen molar-refractivity contribution >= 4 is 39.6 Å². The lowest BCUT2D eigenvalue weighted by molar-refractivity contribution is -0.163. The number of esters is 1. The minimum Gasteiger partial charge on any atom is -0.455 e. The summed E-state index contributed by atoms with van der Waals surface area (Å²) in [4.78, 5) is 60.5. The first-order valence-electron chi connectivity index (χ1n) is 16.7. The molecule has 0 aliphatic carbocycles. The SMILES string of the molecule is COC[C@@H]1NC(=O)CC/C=C\CN(C(C)(C)C)C(=O)[C@H]2N([C@@H](CO)CC(C)C)C(=O)[C@@H]3[C@@H](C(=O)O[C@H]1c1ccccc1)[C@@H]1O[C@@]32C=C1Br. The molecule has 3 amide bonds. The number of aliphatic hydroxyl groups is 1. The van der Waals surface area contributed by atoms with Gasteiger partial charge in [-0.05, 0) is 51.2 Å². The topological polar surface area (TPSA) is 135 Å². The molecule has 0 saturated carbocycles. The molecule has 262 valence electrons. The number of ether oxygens (including phenoxy) is 3. The van der Waals surface area contributed by atoms with Crippen molar-refractivity contribution in [3.8, 4) is 0 Å². The van der Waals surface area contributed by atoms with Crippen LogP contribution in [-0.4, -0.2) is 101 Å². The number of allylic oxidation sites excluding steroid dienone is 1. The largest absolute Gasteiger partial charge is 0.455 e. The molecule has 0 aromatic heterocycles. The van der Waals surface area contributed by atoms with Crippen LogP contribution in [-0.2, 0) is 33.4 Å². The highest BCUT2D eigenvalue weighted by atomic mass is 79.9. The van der Waals surface area contributed by atoms with Gasteiger partial charge in [0, 0.05) is 30.1 Å². The number of fused-ring (bicyclic) bond motifs is 2. The fourth-order valence-corrected chi connectivity index (χ4v) is 8.40. The molecular formula is C36H48BrN3O8. The number of carbonyl (C=O) groups is 4. The molecular weight excluding hydrogens is 682 g/mol. The van der Waals surface area contributed by atoms with E-state index in [1.54, 1.807) is 11.0 Å². The third kappa shape index (κ3) is 6.73. The van der Waals surface area contributed by atoms with Crippen LogP contribution in [0.2, 0.25) is 0 Å². The van der Waals surface area contributed by atoms with Crippen molar-refractivity contribution in [2.45, 2.75) is 95.4 Å². The van der Waals surface area contributed by atoms with Gasteiger partial charge < -0.3 is 34.4 Å². The monoisotopic (exact) mass is 729 g/mol. The van der Waals surface area contributed by atoms with Gasteiger partial charge in [0.25, 0.3) is 0 Å². The van der Waals surface area contributed by atoms with Gasteiger partial charge in [0.15, 0.2) is 0 Å². The van der Waals surface area contributed by atoms with E-state index in [1.165, 1.54) is 12.0 Å². The number of cyclic esters (lactones) is 1. The summed E-state index contributed by atoms with van der Waals surface area (Å²) >= 11 is 3.61. The summed E-state index contributed by atoms with van der Waals surface area (Å²) in [5.41, 5.74) is -1.50. The van der Waals surface area contributed by atoms with Crippen molar-refractivity contribution in [1.29, 1.82) is 0 Å². The third-order valence-electron chi connectivity index (χ3n) is 9.72. The van der Waals surface area contributed by atoms with Crippen molar-refractivity contribution < 1.29 is 38.5 Å². The Balaban J connectivity index is 1.67. The predicted molar refractivity (Wildman–Crippen MR) is 181 cm³/mol. The van der Waals surface area contributed by atoms with Gasteiger partial charge in [0.05, 0.1) is 31.2 Å². The molecule has 0 radical (unpaired) electrons. The first-order valence-corrected chi connectivity index (χ1v) is 17.5. The molecule has 5 rings (SSSR count). The number of benzene rings is 1. The maximum atomic E-state index is 14.9. The van der Waals surface area contributed by atoms with Crippen LogP contribution in [0.15, 0.2) is 53.0 Å². The Morgan fingerprint density at radius 3 is 2.42 bits per heavy atom. The molecule has 4 aliphatic heterocycles. The summed E-state index contributed by atoms with van der Waals surface area (Å²) in [7, 11) is 1.51. The highest BCUT2D eigenvalue weighted by molar-refractivity contribution is 9.11. The normalized spacial score (nSPS) is 32.6. The van der Waals surface area contributed by atoms with Crippen LogP contribution < -0.4 is 5.32 Å². The average Bonchev–Trinajstić information content (AvgIpc) is 3.62. The second-order valence-electron chi connectivity index (χ2n) is 14.6. The number of hydrogen-bond acceptors (Lipinski definition) is 8. The van der Waals surface area contributed by atoms with E-state index >= 15 is 0 Å². The lowest BCUT2D eigenvalue weighted by Crippen LogP contribution is -2.61. The number of carbonyl (C=O) groups excluding carboxylic acids is 4. The molecule has 2 N–H and O–H groups in total. The molecule has 2 saturated heterocycles. The first-order chi connectivity index (χ1) is 22.7. The van der Waals surface area contributed by atoms with Crippen LogP contribution in [0.3, 0.4) is 0 Å². The van der Waals surface area contributed by atoms with Gasteiger partial charge in [0.1, 0.15) is 29.8 Å². The second-order valence-corrected chi connectivity index (χ2v) is 15.5. The molecule has 5 bridgehead atoms. The highest BCUT2D eigenvalue weighted by Crippen LogP contribution is 2.59. The van der Waals surface area contributed by atoms with Crippen LogP contribution in [0.5, 0.6) is 0 Å². The zero-order valence-corrected chi connectivity index (χ0v) is 30.1. The van der Waals surface area contributed by atoms with E-state index in [-0.39, 0.29) is 43.9 Å². The van der Waals surface area contributed by atoms with Crippen LogP contribution >= 0.6 is 15.9 Å². The summed E-state index contributed by atoms with van der Waals surface area (Å²) in [5, 5.41) is 13.7. The van der Waals surface area contributed by atoms with E-state index in [0.29, 0.717) is 22.9 Å². The predicted octanol–water partition coefficient (Wildman–Crippen LogP) is 3.66. The smallest absolute Gasteiger partial charge is 0.313 e. The zero-order chi connectivity index (χ0) is 35.0. The fourth-order valence-electron chi connectivity index (χ4n) is 7.67. The van der Waals surface area contributed by atoms with Gasteiger partial charge in [-0.3, -0.25) is 19.2 Å². The number of aliphatic hydroxyl groups excluding tert-OH is 1. The molecule has 48 heavy (non-hydrogen) atoms. The summed E-state index contributed by atoms with van der Waals surface area (Å²) < 4.78 is 19.0. The highest BCUT2D eigenvalue weighted by Gasteiger charge is 2.75. The van der Waals surface area contributed by atoms with Gasteiger partial charge in [-0.15, -0.1) is 0 Å². The van der Waals surface area contributed by atoms with Crippen LogP contribution in [0.4, 0.5) is 0 Å². The fraction of sp³-hybridized carbons (Fsp3) is 0.611. The van der Waals surface area contributed by atoms with Crippen molar-refractivity contribution in [3.05, 3.63) is 58.6 Å². The van der Waals surface area contributed by atoms with Crippen molar-refractivity contribution in [2.24, 2.45) is 17.8 Å². The van der Waals surface area contributed by atoms with E-state index < -0.39 is 65.2 Å². The summed E-state index contributed by atoms with van der Waals surface area (Å²) in [6.45, 7) is 9.67. The van der Waals surface area contributed by atoms with E-state index in [1.807, 2.05) is 77.1 Å². The first kappa shape index (κ1) is 36.2. The molecule has 8 atom stereocenters. The van der Waals surface area contributed by atoms with E-state index in [9.17, 15) is 24.3 Å². The van der Waals surface area contributed by atoms with Crippen LogP contribution in [0.1, 0.15) is 65.5 Å². The maximum Gasteiger partial charge on any atom is 0.313 e. The third-order valence-corrected chi connectivity index (χ3v) is 10.4. The van der Waals surface area contributed by atoms with E-state index in [4.69, 9.17) is 14.2 Å². The van der Waals surface area contributed by atoms with E-state index in [2.05, 4.69) is 21.2 Å². The number of likely N-dealkylation sites (tertiary alicyclic amines) is 1. The Labute approximate surface area is 291 Å². The molecule has 1 aromatic carbocycles. The Kier molecular flexibility index (Phi) is 10.9. The number of methoxy groups -OCH3 is 1. The molecule has 1 spiro atoms. The number of nitrogens with zero attached hydrogens (tertiary/aromatic N) is 2. The average molecular weight is 731 g/mol. The zero-order valence-electron chi connectivity index (χ0n) is 28.6. The minimum atomic E-state index is -1.48. The molecule has 2 fully saturated rings. The van der Waals surface area contributed by atoms with Crippen molar-refractivity contribution in [1.82, 2.24) is 15.1 Å². The van der Waals surface area contributed by atoms with Gasteiger partial charge in [-0.25, -0.2) is 0 Å². The molecule has 1 aromatic rings. The number of hydrogen-bond donors (Lipinski definition) is 2. The standard InChI is InChI=1S/C36H48BrN3O8/c1-21(2)17-23(19-41)40-31-33(44)39(35(3,4)5)16-12-8-11-15-26(42)38-25(20-46-6)29(22-13-9-7-10-14-22)47-34(45)27-28(32(40)43)36(31)18-24(37)30(27)48-36/h7-10,12-14,18,21,23,25,27-31,41H,11,15-17,19-20H2,1-6H3,(H,38,42)/b12-8-/t23-,25+,27-,28+,29+,30-,31-,36+/m1/s1. The van der Waals surface area contributed by atoms with Gasteiger partial charge in [-0.2, -0.15) is 0 Å².